The number of aromatic nitrogens is 2. The van der Waals surface area contributed by atoms with Gasteiger partial charge in [0.1, 0.15) is 5.82 Å². The van der Waals surface area contributed by atoms with Crippen molar-refractivity contribution in [1.82, 2.24) is 19.8 Å². The van der Waals surface area contributed by atoms with Crippen molar-refractivity contribution >= 4 is 16.9 Å². The van der Waals surface area contributed by atoms with Gasteiger partial charge in [0.2, 0.25) is 0 Å². The van der Waals surface area contributed by atoms with Crippen molar-refractivity contribution in [1.29, 1.82) is 0 Å². The minimum Gasteiger partial charge on any atom is -0.338 e. The van der Waals surface area contributed by atoms with Crippen LogP contribution in [0.1, 0.15) is 56.6 Å². The highest BCUT2D eigenvalue weighted by atomic mass is 16.2. The van der Waals surface area contributed by atoms with Crippen LogP contribution in [0.25, 0.3) is 16.6 Å². The molecule has 2 aromatic carbocycles. The molecule has 0 saturated heterocycles. The van der Waals surface area contributed by atoms with Crippen LogP contribution >= 0.6 is 0 Å². The molecule has 1 atom stereocenters. The first-order valence-corrected chi connectivity index (χ1v) is 11.0. The van der Waals surface area contributed by atoms with Crippen LogP contribution in [-0.2, 0) is 0 Å². The van der Waals surface area contributed by atoms with E-state index in [4.69, 9.17) is 4.98 Å². The molecule has 0 aliphatic carbocycles. The molecule has 3 rings (SSSR count). The average Bonchev–Trinajstić information content (AvgIpc) is 2.76. The second-order valence-electron chi connectivity index (χ2n) is 7.95. The maximum absolute atomic E-state index is 13.6. The molecule has 0 fully saturated rings. The van der Waals surface area contributed by atoms with E-state index in [2.05, 4.69) is 12.2 Å². The zero-order valence-corrected chi connectivity index (χ0v) is 19.1. The number of nitrogens with one attached hydrogen (secondary N) is 1. The molecule has 31 heavy (non-hydrogen) atoms. The number of hydrogen-bond donors (Lipinski definition) is 1. The van der Waals surface area contributed by atoms with E-state index in [0.717, 1.165) is 29.7 Å². The van der Waals surface area contributed by atoms with Gasteiger partial charge in [-0.2, -0.15) is 0 Å². The first-order chi connectivity index (χ1) is 14.9. The largest absolute Gasteiger partial charge is 0.338 e. The van der Waals surface area contributed by atoms with Crippen LogP contribution < -0.4 is 10.9 Å². The van der Waals surface area contributed by atoms with E-state index in [0.29, 0.717) is 29.8 Å². The van der Waals surface area contributed by atoms with Gasteiger partial charge in [-0.3, -0.25) is 9.36 Å². The molecule has 2 amide bonds. The fourth-order valence-electron chi connectivity index (χ4n) is 3.74. The quantitative estimate of drug-likeness (QED) is 0.591. The Morgan fingerprint density at radius 3 is 2.55 bits per heavy atom. The van der Waals surface area contributed by atoms with Crippen molar-refractivity contribution in [3.63, 3.8) is 0 Å². The lowest BCUT2D eigenvalue weighted by Gasteiger charge is -2.30. The molecule has 1 N–H and O–H groups in total. The number of fused-ring (bicyclic) bond motifs is 1. The monoisotopic (exact) mass is 420 g/mol. The van der Waals surface area contributed by atoms with Crippen LogP contribution in [0, 0.1) is 13.8 Å². The maximum Gasteiger partial charge on any atom is 0.318 e. The fraction of sp³-hybridized carbons (Fsp3) is 0.400. The van der Waals surface area contributed by atoms with Crippen molar-refractivity contribution in [3.05, 3.63) is 69.8 Å². The number of hydrogen-bond acceptors (Lipinski definition) is 3. The Morgan fingerprint density at radius 2 is 1.87 bits per heavy atom. The highest BCUT2D eigenvalue weighted by Crippen LogP contribution is 2.24. The summed E-state index contributed by atoms with van der Waals surface area (Å²) in [6.45, 7) is 11.2. The van der Waals surface area contributed by atoms with Gasteiger partial charge in [-0.15, -0.1) is 0 Å². The van der Waals surface area contributed by atoms with E-state index < -0.39 is 0 Å². The minimum absolute atomic E-state index is 0.123. The highest BCUT2D eigenvalue weighted by molar-refractivity contribution is 5.78. The molecular weight excluding hydrogens is 388 g/mol. The van der Waals surface area contributed by atoms with E-state index in [1.807, 2.05) is 64.1 Å². The first-order valence-electron chi connectivity index (χ1n) is 11.0. The molecule has 6 nitrogen and oxygen atoms in total. The fourth-order valence-corrected chi connectivity index (χ4v) is 3.74. The Bertz CT molecular complexity index is 1140. The lowest BCUT2D eigenvalue weighted by molar-refractivity contribution is 0.175. The number of aryl methyl sites for hydroxylation is 2. The van der Waals surface area contributed by atoms with E-state index in [-0.39, 0.29) is 17.6 Å². The summed E-state index contributed by atoms with van der Waals surface area (Å²) in [6.07, 6.45) is 1.85. The first kappa shape index (κ1) is 22.5. The molecule has 1 heterocycles. The molecule has 0 saturated carbocycles. The zero-order valence-electron chi connectivity index (χ0n) is 19.1. The molecule has 6 heteroatoms. The van der Waals surface area contributed by atoms with Crippen molar-refractivity contribution in [2.45, 2.75) is 53.5 Å². The smallest absolute Gasteiger partial charge is 0.318 e. The predicted molar refractivity (Wildman–Crippen MR) is 126 cm³/mol. The Balaban J connectivity index is 2.24. The van der Waals surface area contributed by atoms with Crippen molar-refractivity contribution in [2.75, 3.05) is 13.1 Å². The van der Waals surface area contributed by atoms with Crippen molar-refractivity contribution in [3.8, 4) is 5.69 Å². The molecule has 164 valence electrons. The van der Waals surface area contributed by atoms with Gasteiger partial charge < -0.3 is 10.2 Å². The summed E-state index contributed by atoms with van der Waals surface area (Å²) in [4.78, 5) is 33.1. The Morgan fingerprint density at radius 1 is 1.13 bits per heavy atom. The van der Waals surface area contributed by atoms with Gasteiger partial charge in [-0.05, 0) is 69.5 Å². The summed E-state index contributed by atoms with van der Waals surface area (Å²) < 4.78 is 1.66. The number of amides is 2. The number of urea groups is 1. The maximum atomic E-state index is 13.6. The van der Waals surface area contributed by atoms with Crippen LogP contribution in [-0.4, -0.2) is 33.6 Å². The highest BCUT2D eigenvalue weighted by Gasteiger charge is 2.26. The molecule has 0 aliphatic heterocycles. The SMILES string of the molecule is CCCCN(C(=O)NCC)C(C)c1nc2ccccc2c(=O)n1-c1ccc(C)c(C)c1. The van der Waals surface area contributed by atoms with Crippen LogP contribution in [0.3, 0.4) is 0 Å². The standard InChI is InChI=1S/C25H32N4O2/c1-6-8-15-28(25(31)26-7-2)19(5)23-27-22-12-10-9-11-21(22)24(30)29(23)20-14-13-17(3)18(4)16-20/h9-14,16,19H,6-8,15H2,1-5H3,(H,26,31). The summed E-state index contributed by atoms with van der Waals surface area (Å²) in [5, 5.41) is 3.47. The van der Waals surface area contributed by atoms with Crippen LogP contribution in [0.15, 0.2) is 47.3 Å². The van der Waals surface area contributed by atoms with Gasteiger partial charge in [-0.1, -0.05) is 31.5 Å². The van der Waals surface area contributed by atoms with Gasteiger partial charge >= 0.3 is 6.03 Å². The second kappa shape index (κ2) is 9.77. The number of nitrogens with zero attached hydrogens (tertiary/aromatic N) is 3. The summed E-state index contributed by atoms with van der Waals surface area (Å²) in [5.41, 5.74) is 3.54. The van der Waals surface area contributed by atoms with Crippen LogP contribution in [0.2, 0.25) is 0 Å². The Labute approximate surface area is 183 Å². The normalized spacial score (nSPS) is 12.0. The van der Waals surface area contributed by atoms with Crippen LogP contribution in [0.5, 0.6) is 0 Å². The van der Waals surface area contributed by atoms with Crippen molar-refractivity contribution < 1.29 is 4.79 Å². The third-order valence-electron chi connectivity index (χ3n) is 5.73. The van der Waals surface area contributed by atoms with E-state index in [1.54, 1.807) is 15.5 Å². The predicted octanol–water partition coefficient (Wildman–Crippen LogP) is 4.90. The zero-order chi connectivity index (χ0) is 22.5. The number of carbonyl (C=O) groups is 1. The average molecular weight is 421 g/mol. The lowest BCUT2D eigenvalue weighted by atomic mass is 10.1. The van der Waals surface area contributed by atoms with E-state index >= 15 is 0 Å². The summed E-state index contributed by atoms with van der Waals surface area (Å²) in [6, 6.07) is 12.8. The number of para-hydroxylation sites is 1. The minimum atomic E-state index is -0.378. The third-order valence-corrected chi connectivity index (χ3v) is 5.73. The van der Waals surface area contributed by atoms with Gasteiger partial charge in [0.25, 0.3) is 5.56 Å². The molecule has 0 radical (unpaired) electrons. The summed E-state index contributed by atoms with van der Waals surface area (Å²) in [5.74, 6) is 0.564. The number of unbranched alkanes of at least 4 members (excludes halogenated alkanes) is 1. The molecule has 1 unspecified atom stereocenters. The van der Waals surface area contributed by atoms with Gasteiger partial charge in [0, 0.05) is 13.1 Å². The summed E-state index contributed by atoms with van der Waals surface area (Å²) in [7, 11) is 0. The number of benzene rings is 2. The molecule has 3 aromatic rings. The Kier molecular flexibility index (Phi) is 7.10. The number of carbonyl (C=O) groups excluding carboxylic acids is 1. The molecule has 0 aliphatic rings. The molecule has 1 aromatic heterocycles. The van der Waals surface area contributed by atoms with E-state index in [9.17, 15) is 9.59 Å². The van der Waals surface area contributed by atoms with Gasteiger partial charge in [-0.25, -0.2) is 9.78 Å². The Hall–Kier alpha value is -3.15. The van der Waals surface area contributed by atoms with Gasteiger partial charge in [0.15, 0.2) is 0 Å². The molecule has 0 spiro atoms. The van der Waals surface area contributed by atoms with E-state index in [1.165, 1.54) is 0 Å². The third kappa shape index (κ3) is 4.63. The lowest BCUT2D eigenvalue weighted by Crippen LogP contribution is -2.43. The van der Waals surface area contributed by atoms with Gasteiger partial charge in [0.05, 0.1) is 22.6 Å². The summed E-state index contributed by atoms with van der Waals surface area (Å²) >= 11 is 0. The van der Waals surface area contributed by atoms with Crippen LogP contribution in [0.4, 0.5) is 4.79 Å². The second-order valence-corrected chi connectivity index (χ2v) is 7.95. The van der Waals surface area contributed by atoms with Crippen molar-refractivity contribution in [2.24, 2.45) is 0 Å². The topological polar surface area (TPSA) is 67.2 Å². The molecular formula is C25H32N4O2. The molecule has 0 bridgehead atoms. The number of rotatable bonds is 7.